The first-order valence-corrected chi connectivity index (χ1v) is 6.71. The van der Waals surface area contributed by atoms with Crippen LogP contribution in [0.15, 0.2) is 0 Å². The fourth-order valence-electron chi connectivity index (χ4n) is 2.29. The molecular weight excluding hydrogens is 232 g/mol. The molecule has 5 heteroatoms. The van der Waals surface area contributed by atoms with Crippen molar-refractivity contribution < 1.29 is 14.6 Å². The van der Waals surface area contributed by atoms with Gasteiger partial charge in [-0.15, -0.1) is 0 Å². The predicted octanol–water partition coefficient (Wildman–Crippen LogP) is 1.49. The van der Waals surface area contributed by atoms with E-state index in [1.807, 2.05) is 20.8 Å². The Bertz CT molecular complexity index is 276. The molecule has 1 aliphatic rings. The smallest absolute Gasteiger partial charge is 0.410 e. The van der Waals surface area contributed by atoms with Gasteiger partial charge in [-0.1, -0.05) is 0 Å². The summed E-state index contributed by atoms with van der Waals surface area (Å²) in [4.78, 5) is 13.8. The molecule has 0 radical (unpaired) electrons. The molecule has 2 unspecified atom stereocenters. The average Bonchev–Trinajstić information content (AvgIpc) is 2.27. The number of rotatable bonds is 3. The van der Waals surface area contributed by atoms with Gasteiger partial charge in [0.05, 0.1) is 6.04 Å². The molecule has 1 aliphatic heterocycles. The van der Waals surface area contributed by atoms with Crippen LogP contribution in [-0.2, 0) is 4.74 Å². The van der Waals surface area contributed by atoms with E-state index in [9.17, 15) is 4.79 Å². The Morgan fingerprint density at radius 2 is 2.17 bits per heavy atom. The van der Waals surface area contributed by atoms with Gasteiger partial charge in [-0.25, -0.2) is 4.79 Å². The summed E-state index contributed by atoms with van der Waals surface area (Å²) >= 11 is 0. The van der Waals surface area contributed by atoms with Crippen molar-refractivity contribution in [3.8, 4) is 0 Å². The van der Waals surface area contributed by atoms with E-state index >= 15 is 0 Å². The van der Waals surface area contributed by atoms with Gasteiger partial charge in [0, 0.05) is 19.2 Å². The lowest BCUT2D eigenvalue weighted by Gasteiger charge is -2.39. The molecule has 0 aromatic carbocycles. The number of aliphatic hydroxyl groups is 1. The van der Waals surface area contributed by atoms with Crippen LogP contribution in [0, 0.1) is 0 Å². The number of ether oxygens (including phenoxy) is 1. The highest BCUT2D eigenvalue weighted by atomic mass is 16.6. The van der Waals surface area contributed by atoms with Crippen molar-refractivity contribution in [1.82, 2.24) is 4.90 Å². The molecule has 18 heavy (non-hydrogen) atoms. The van der Waals surface area contributed by atoms with E-state index in [4.69, 9.17) is 15.6 Å². The highest BCUT2D eigenvalue weighted by molar-refractivity contribution is 5.68. The third-order valence-electron chi connectivity index (χ3n) is 3.13. The van der Waals surface area contributed by atoms with Crippen molar-refractivity contribution in [2.24, 2.45) is 5.73 Å². The number of hydrogen-bond donors (Lipinski definition) is 2. The number of nitrogens with zero attached hydrogens (tertiary/aromatic N) is 1. The van der Waals surface area contributed by atoms with Gasteiger partial charge in [-0.3, -0.25) is 0 Å². The minimum Gasteiger partial charge on any atom is -0.444 e. The Balaban J connectivity index is 2.67. The number of piperidine rings is 1. The summed E-state index contributed by atoms with van der Waals surface area (Å²) in [6.07, 6.45) is 3.18. The van der Waals surface area contributed by atoms with Crippen LogP contribution in [0.3, 0.4) is 0 Å². The van der Waals surface area contributed by atoms with Gasteiger partial charge in [-0.05, 0) is 46.5 Å². The van der Waals surface area contributed by atoms with Crippen LogP contribution >= 0.6 is 0 Å². The van der Waals surface area contributed by atoms with Gasteiger partial charge in [0.15, 0.2) is 0 Å². The lowest BCUT2D eigenvalue weighted by atomic mass is 9.95. The van der Waals surface area contributed by atoms with Crippen LogP contribution in [0.1, 0.15) is 46.5 Å². The summed E-state index contributed by atoms with van der Waals surface area (Å²) in [5.74, 6) is 0. The summed E-state index contributed by atoms with van der Waals surface area (Å²) in [6.45, 7) is 6.32. The van der Waals surface area contributed by atoms with Crippen molar-refractivity contribution in [2.75, 3.05) is 13.2 Å². The summed E-state index contributed by atoms with van der Waals surface area (Å²) in [7, 11) is 0. The zero-order chi connectivity index (χ0) is 13.8. The van der Waals surface area contributed by atoms with Crippen molar-refractivity contribution in [1.29, 1.82) is 0 Å². The molecule has 1 fully saturated rings. The number of nitrogens with two attached hydrogens (primary N) is 1. The highest BCUT2D eigenvalue weighted by Gasteiger charge is 2.33. The number of carbonyl (C=O) groups is 1. The van der Waals surface area contributed by atoms with E-state index in [2.05, 4.69) is 0 Å². The van der Waals surface area contributed by atoms with Crippen LogP contribution < -0.4 is 5.73 Å². The molecule has 1 heterocycles. The van der Waals surface area contributed by atoms with Crippen molar-refractivity contribution in [3.05, 3.63) is 0 Å². The van der Waals surface area contributed by atoms with E-state index in [0.717, 1.165) is 19.3 Å². The molecule has 1 amide bonds. The van der Waals surface area contributed by atoms with Crippen molar-refractivity contribution in [3.63, 3.8) is 0 Å². The predicted molar refractivity (Wildman–Crippen MR) is 70.3 cm³/mol. The second-order valence-corrected chi connectivity index (χ2v) is 5.91. The molecule has 1 saturated heterocycles. The number of amides is 1. The van der Waals surface area contributed by atoms with Crippen molar-refractivity contribution >= 4 is 6.09 Å². The molecule has 0 spiro atoms. The maximum absolute atomic E-state index is 12.1. The first-order chi connectivity index (χ1) is 8.35. The van der Waals surface area contributed by atoms with Gasteiger partial charge >= 0.3 is 6.09 Å². The van der Waals surface area contributed by atoms with Gasteiger partial charge in [0.25, 0.3) is 0 Å². The van der Waals surface area contributed by atoms with E-state index in [1.165, 1.54) is 0 Å². The largest absolute Gasteiger partial charge is 0.444 e. The summed E-state index contributed by atoms with van der Waals surface area (Å²) in [6, 6.07) is -0.191. The van der Waals surface area contributed by atoms with E-state index in [1.54, 1.807) is 4.90 Å². The SMILES string of the molecule is CC(C)(C)OC(=O)N1CCCCC1C(N)CCO. The number of carbonyl (C=O) groups excluding carboxylic acids is 1. The maximum atomic E-state index is 12.1. The van der Waals surface area contributed by atoms with Crippen molar-refractivity contribution in [2.45, 2.75) is 64.1 Å². The van der Waals surface area contributed by atoms with Gasteiger partial charge in [-0.2, -0.15) is 0 Å². The van der Waals surface area contributed by atoms with Gasteiger partial charge in [0.2, 0.25) is 0 Å². The maximum Gasteiger partial charge on any atom is 0.410 e. The van der Waals surface area contributed by atoms with Crippen LogP contribution in [0.25, 0.3) is 0 Å². The topological polar surface area (TPSA) is 75.8 Å². The number of aliphatic hydroxyl groups excluding tert-OH is 1. The average molecular weight is 258 g/mol. The number of hydrogen-bond acceptors (Lipinski definition) is 4. The Labute approximate surface area is 109 Å². The molecule has 3 N–H and O–H groups in total. The van der Waals surface area contributed by atoms with Gasteiger partial charge < -0.3 is 20.5 Å². The zero-order valence-corrected chi connectivity index (χ0v) is 11.7. The first kappa shape index (κ1) is 15.2. The van der Waals surface area contributed by atoms with E-state index in [0.29, 0.717) is 13.0 Å². The highest BCUT2D eigenvalue weighted by Crippen LogP contribution is 2.22. The molecule has 0 aromatic rings. The van der Waals surface area contributed by atoms with Crippen LogP contribution in [-0.4, -0.2) is 46.9 Å². The molecular formula is C13H26N2O3. The molecule has 0 aliphatic carbocycles. The Morgan fingerprint density at radius 3 is 2.72 bits per heavy atom. The van der Waals surface area contributed by atoms with Gasteiger partial charge in [0.1, 0.15) is 5.60 Å². The molecule has 0 saturated carbocycles. The monoisotopic (exact) mass is 258 g/mol. The summed E-state index contributed by atoms with van der Waals surface area (Å²) in [5, 5.41) is 8.96. The minimum absolute atomic E-state index is 0.0132. The lowest BCUT2D eigenvalue weighted by Crippen LogP contribution is -2.54. The van der Waals surface area contributed by atoms with Crippen LogP contribution in [0.4, 0.5) is 4.79 Å². The second-order valence-electron chi connectivity index (χ2n) is 5.91. The molecule has 2 atom stereocenters. The Hall–Kier alpha value is -0.810. The molecule has 5 nitrogen and oxygen atoms in total. The Kier molecular flexibility index (Phi) is 5.41. The standard InChI is InChI=1S/C13H26N2O3/c1-13(2,3)18-12(17)15-8-5-4-6-11(15)10(14)7-9-16/h10-11,16H,4-9,14H2,1-3H3. The van der Waals surface area contributed by atoms with Crippen LogP contribution in [0.5, 0.6) is 0 Å². The van der Waals surface area contributed by atoms with E-state index < -0.39 is 5.60 Å². The summed E-state index contributed by atoms with van der Waals surface area (Å²) in [5.41, 5.74) is 5.56. The first-order valence-electron chi connectivity index (χ1n) is 6.71. The van der Waals surface area contributed by atoms with Crippen LogP contribution in [0.2, 0.25) is 0 Å². The second kappa shape index (κ2) is 6.38. The molecule has 106 valence electrons. The minimum atomic E-state index is -0.486. The molecule has 0 aromatic heterocycles. The third kappa shape index (κ3) is 4.46. The number of likely N-dealkylation sites (tertiary alicyclic amines) is 1. The Morgan fingerprint density at radius 1 is 1.50 bits per heavy atom. The summed E-state index contributed by atoms with van der Waals surface area (Å²) < 4.78 is 5.40. The zero-order valence-electron chi connectivity index (χ0n) is 11.7. The van der Waals surface area contributed by atoms with E-state index in [-0.39, 0.29) is 24.8 Å². The lowest BCUT2D eigenvalue weighted by molar-refractivity contribution is 0.00548. The molecule has 1 rings (SSSR count). The molecule has 0 bridgehead atoms. The quantitative estimate of drug-likeness (QED) is 0.804. The fourth-order valence-corrected chi connectivity index (χ4v) is 2.29. The normalized spacial score (nSPS) is 22.7. The third-order valence-corrected chi connectivity index (χ3v) is 3.13. The fraction of sp³-hybridized carbons (Fsp3) is 0.923.